The molecule has 1 aliphatic heterocycles. The molecule has 0 bridgehead atoms. The first kappa shape index (κ1) is 13.8. The Kier molecular flexibility index (Phi) is 5.61. The molecule has 2 aromatic rings. The summed E-state index contributed by atoms with van der Waals surface area (Å²) in [6.45, 7) is 0.716. The molecule has 1 unspecified atom stereocenters. The molecular formula is C16H18NOP. The van der Waals surface area contributed by atoms with Crippen molar-refractivity contribution in [2.45, 2.75) is 6.42 Å². The van der Waals surface area contributed by atoms with E-state index < -0.39 is 0 Å². The molecule has 2 aromatic carbocycles. The minimum absolute atomic E-state index is 0.534. The molecule has 2 N–H and O–H groups in total. The number of nitrogens with two attached hydrogens (primary N) is 1. The van der Waals surface area contributed by atoms with Crippen LogP contribution in [-0.4, -0.2) is 6.54 Å². The number of fused-ring (bicyclic) bond motifs is 1. The normalized spacial score (nSPS) is 13.9. The van der Waals surface area contributed by atoms with Crippen LogP contribution >= 0.6 is 8.81 Å². The van der Waals surface area contributed by atoms with Crippen LogP contribution in [0.25, 0.3) is 10.8 Å². The smallest absolute Gasteiger partial charge is 0.0963 e. The van der Waals surface area contributed by atoms with Gasteiger partial charge in [0.15, 0.2) is 0 Å². The quantitative estimate of drug-likeness (QED) is 0.838. The SMILES string of the molecule is C1=COPC=C1.NCCc1cccc2ccccc12. The first-order valence-corrected chi connectivity index (χ1v) is 7.30. The van der Waals surface area contributed by atoms with Gasteiger partial charge in [-0.3, -0.25) is 0 Å². The highest BCUT2D eigenvalue weighted by Gasteiger charge is 1.97. The number of allylic oxidation sites excluding steroid dienone is 2. The van der Waals surface area contributed by atoms with Crippen LogP contribution in [0.2, 0.25) is 0 Å². The third-order valence-corrected chi connectivity index (χ3v) is 3.38. The van der Waals surface area contributed by atoms with Crippen LogP contribution < -0.4 is 5.73 Å². The molecule has 1 aliphatic rings. The lowest BCUT2D eigenvalue weighted by Crippen LogP contribution is -2.02. The van der Waals surface area contributed by atoms with Gasteiger partial charge in [-0.1, -0.05) is 48.5 Å². The first-order valence-electron chi connectivity index (χ1n) is 6.31. The van der Waals surface area contributed by atoms with Gasteiger partial charge in [0.2, 0.25) is 0 Å². The van der Waals surface area contributed by atoms with Crippen molar-refractivity contribution in [2.24, 2.45) is 5.73 Å². The van der Waals surface area contributed by atoms with E-state index in [-0.39, 0.29) is 0 Å². The topological polar surface area (TPSA) is 35.2 Å². The number of hydrogen-bond donors (Lipinski definition) is 1. The lowest BCUT2D eigenvalue weighted by Gasteiger charge is -2.03. The second-order valence-corrected chi connectivity index (χ2v) is 4.91. The molecule has 3 heteroatoms. The maximum atomic E-state index is 5.55. The molecule has 0 saturated carbocycles. The minimum Gasteiger partial charge on any atom is -0.481 e. The summed E-state index contributed by atoms with van der Waals surface area (Å²) in [5, 5.41) is 2.63. The number of rotatable bonds is 2. The third kappa shape index (κ3) is 4.20. The van der Waals surface area contributed by atoms with Crippen LogP contribution in [0, 0.1) is 0 Å². The highest BCUT2D eigenvalue weighted by atomic mass is 31.1. The summed E-state index contributed by atoms with van der Waals surface area (Å²) in [5.74, 6) is 1.99. The highest BCUT2D eigenvalue weighted by Crippen LogP contribution is 2.18. The fourth-order valence-corrected chi connectivity index (χ4v) is 2.35. The van der Waals surface area contributed by atoms with E-state index >= 15 is 0 Å². The Morgan fingerprint density at radius 2 is 1.84 bits per heavy atom. The fraction of sp³-hybridized carbons (Fsp3) is 0.125. The maximum Gasteiger partial charge on any atom is 0.0963 e. The second-order valence-electron chi connectivity index (χ2n) is 4.10. The standard InChI is InChI=1S/C12H13N.C4H5OP/c13-9-8-11-6-3-5-10-4-1-2-7-12(10)11;1-2-4-6-5-3-1/h1-7H,8-9,13H2;1-4,6H. The predicted octanol–water partition coefficient (Wildman–Crippen LogP) is 3.98. The van der Waals surface area contributed by atoms with Gasteiger partial charge in [-0.25, -0.2) is 0 Å². The first-order chi connectivity index (χ1) is 9.42. The monoisotopic (exact) mass is 271 g/mol. The molecule has 0 radical (unpaired) electrons. The molecule has 0 aliphatic carbocycles. The van der Waals surface area contributed by atoms with Crippen LogP contribution in [0.4, 0.5) is 0 Å². The zero-order chi connectivity index (χ0) is 13.3. The maximum absolute atomic E-state index is 5.55. The van der Waals surface area contributed by atoms with Crippen LogP contribution in [0.1, 0.15) is 5.56 Å². The Labute approximate surface area is 115 Å². The van der Waals surface area contributed by atoms with E-state index in [2.05, 4.69) is 42.5 Å². The van der Waals surface area contributed by atoms with Gasteiger partial charge >= 0.3 is 0 Å². The molecule has 3 rings (SSSR count). The molecule has 1 atom stereocenters. The second kappa shape index (κ2) is 7.73. The van der Waals surface area contributed by atoms with E-state index in [0.29, 0.717) is 15.4 Å². The van der Waals surface area contributed by atoms with Gasteiger partial charge in [0.1, 0.15) is 0 Å². The van der Waals surface area contributed by atoms with Gasteiger partial charge in [0, 0.05) is 0 Å². The van der Waals surface area contributed by atoms with Crippen LogP contribution in [0.3, 0.4) is 0 Å². The van der Waals surface area contributed by atoms with E-state index in [0.717, 1.165) is 6.42 Å². The Balaban J connectivity index is 0.000000186. The molecule has 2 nitrogen and oxygen atoms in total. The van der Waals surface area contributed by atoms with Crippen LogP contribution in [-0.2, 0) is 10.9 Å². The highest BCUT2D eigenvalue weighted by molar-refractivity contribution is 7.36. The summed E-state index contributed by atoms with van der Waals surface area (Å²) < 4.78 is 4.83. The van der Waals surface area contributed by atoms with Gasteiger partial charge in [0.05, 0.1) is 15.1 Å². The molecule has 0 spiro atoms. The molecule has 0 amide bonds. The molecule has 98 valence electrons. The van der Waals surface area contributed by atoms with Crippen molar-refractivity contribution < 1.29 is 4.52 Å². The van der Waals surface area contributed by atoms with Crippen molar-refractivity contribution in [1.82, 2.24) is 0 Å². The summed E-state index contributed by atoms with van der Waals surface area (Å²) in [6, 6.07) is 14.8. The third-order valence-electron chi connectivity index (χ3n) is 2.78. The largest absolute Gasteiger partial charge is 0.481 e. The zero-order valence-corrected chi connectivity index (χ0v) is 11.8. The van der Waals surface area contributed by atoms with Crippen LogP contribution in [0.15, 0.2) is 66.7 Å². The van der Waals surface area contributed by atoms with Crippen LogP contribution in [0.5, 0.6) is 0 Å². The zero-order valence-electron chi connectivity index (χ0n) is 10.8. The molecule has 0 fully saturated rings. The average molecular weight is 271 g/mol. The van der Waals surface area contributed by atoms with Crippen molar-refractivity contribution in [3.05, 3.63) is 72.3 Å². The minimum atomic E-state index is 0.534. The van der Waals surface area contributed by atoms with Crippen molar-refractivity contribution in [2.75, 3.05) is 6.54 Å². The average Bonchev–Trinajstić information content (AvgIpc) is 2.50. The molecular weight excluding hydrogens is 253 g/mol. The van der Waals surface area contributed by atoms with E-state index in [1.165, 1.54) is 16.3 Å². The summed E-state index contributed by atoms with van der Waals surface area (Å²) in [5.41, 5.74) is 6.90. The Morgan fingerprint density at radius 3 is 2.47 bits per heavy atom. The van der Waals surface area contributed by atoms with Gasteiger partial charge < -0.3 is 10.3 Å². The van der Waals surface area contributed by atoms with E-state index in [1.807, 2.05) is 18.0 Å². The Morgan fingerprint density at radius 1 is 1.00 bits per heavy atom. The van der Waals surface area contributed by atoms with Gasteiger partial charge in [-0.15, -0.1) is 0 Å². The predicted molar refractivity (Wildman–Crippen MR) is 84.4 cm³/mol. The fourth-order valence-electron chi connectivity index (χ4n) is 1.92. The summed E-state index contributed by atoms with van der Waals surface area (Å²) in [6.07, 6.45) is 6.50. The summed E-state index contributed by atoms with van der Waals surface area (Å²) in [4.78, 5) is 0. The van der Waals surface area contributed by atoms with E-state index in [9.17, 15) is 0 Å². The Hall–Kier alpha value is -1.63. The lowest BCUT2D eigenvalue weighted by molar-refractivity contribution is 0.554. The lowest BCUT2D eigenvalue weighted by atomic mass is 10.0. The van der Waals surface area contributed by atoms with Crippen molar-refractivity contribution in [1.29, 1.82) is 0 Å². The molecule has 0 saturated heterocycles. The molecule has 0 aromatic heterocycles. The Bertz CT molecular complexity index is 560. The van der Waals surface area contributed by atoms with E-state index in [4.69, 9.17) is 10.3 Å². The van der Waals surface area contributed by atoms with Crippen molar-refractivity contribution >= 4 is 19.6 Å². The van der Waals surface area contributed by atoms with Gasteiger partial charge in [-0.05, 0) is 41.2 Å². The van der Waals surface area contributed by atoms with Crippen molar-refractivity contribution in [3.8, 4) is 0 Å². The summed E-state index contributed by atoms with van der Waals surface area (Å²) in [7, 11) is 0.534. The molecule has 19 heavy (non-hydrogen) atoms. The van der Waals surface area contributed by atoms with Gasteiger partial charge in [0.25, 0.3) is 0 Å². The van der Waals surface area contributed by atoms with Crippen molar-refractivity contribution in [3.63, 3.8) is 0 Å². The van der Waals surface area contributed by atoms with Gasteiger partial charge in [-0.2, -0.15) is 0 Å². The molecule has 1 heterocycles. The van der Waals surface area contributed by atoms with E-state index in [1.54, 1.807) is 6.26 Å². The summed E-state index contributed by atoms with van der Waals surface area (Å²) >= 11 is 0. The number of hydrogen-bond acceptors (Lipinski definition) is 2. The number of benzene rings is 2.